The number of carboxylic acids is 1. The van der Waals surface area contributed by atoms with E-state index in [0.717, 1.165) is 0 Å². The molecule has 102 valence electrons. The van der Waals surface area contributed by atoms with E-state index in [2.05, 4.69) is 0 Å². The average molecular weight is 256 g/mol. The van der Waals surface area contributed by atoms with Gasteiger partial charge in [-0.05, 0) is 13.5 Å². The molecule has 0 aromatic rings. The predicted molar refractivity (Wildman–Crippen MR) is 64.9 cm³/mol. The Bertz CT molecular complexity index is 327. The summed E-state index contributed by atoms with van der Waals surface area (Å²) in [7, 11) is 0. The minimum absolute atomic E-state index is 0.0652. The highest BCUT2D eigenvalue weighted by Crippen LogP contribution is 2.12. The van der Waals surface area contributed by atoms with Crippen molar-refractivity contribution in [1.82, 2.24) is 9.80 Å². The van der Waals surface area contributed by atoms with Gasteiger partial charge in [0, 0.05) is 32.0 Å². The van der Waals surface area contributed by atoms with Crippen molar-refractivity contribution in [3.8, 4) is 0 Å². The lowest BCUT2D eigenvalue weighted by Crippen LogP contribution is -2.42. The van der Waals surface area contributed by atoms with Crippen molar-refractivity contribution in [3.63, 3.8) is 0 Å². The van der Waals surface area contributed by atoms with Crippen LogP contribution in [0.1, 0.15) is 33.1 Å². The van der Waals surface area contributed by atoms with Gasteiger partial charge in [-0.3, -0.25) is 24.2 Å². The first-order valence-corrected chi connectivity index (χ1v) is 6.24. The number of carbonyl (C=O) groups is 3. The van der Waals surface area contributed by atoms with Crippen LogP contribution >= 0.6 is 0 Å². The Morgan fingerprint density at radius 2 is 1.94 bits per heavy atom. The van der Waals surface area contributed by atoms with E-state index in [0.29, 0.717) is 32.5 Å². The first kappa shape index (κ1) is 14.6. The molecule has 1 heterocycles. The van der Waals surface area contributed by atoms with Gasteiger partial charge in [-0.2, -0.15) is 0 Å². The van der Waals surface area contributed by atoms with Crippen LogP contribution in [-0.2, 0) is 14.4 Å². The molecule has 0 radical (unpaired) electrons. The van der Waals surface area contributed by atoms with E-state index in [4.69, 9.17) is 5.11 Å². The summed E-state index contributed by atoms with van der Waals surface area (Å²) in [6, 6.07) is -0.0969. The van der Waals surface area contributed by atoms with Gasteiger partial charge in [0.25, 0.3) is 0 Å². The lowest BCUT2D eigenvalue weighted by molar-refractivity contribution is -0.140. The van der Waals surface area contributed by atoms with E-state index in [1.54, 1.807) is 0 Å². The van der Waals surface area contributed by atoms with Crippen LogP contribution in [0.4, 0.5) is 0 Å². The van der Waals surface area contributed by atoms with Gasteiger partial charge in [-0.25, -0.2) is 0 Å². The van der Waals surface area contributed by atoms with Crippen molar-refractivity contribution in [2.24, 2.45) is 0 Å². The number of likely N-dealkylation sites (tertiary alicyclic amines) is 1. The summed E-state index contributed by atoms with van der Waals surface area (Å²) >= 11 is 0. The van der Waals surface area contributed by atoms with Crippen molar-refractivity contribution in [3.05, 3.63) is 0 Å². The first-order chi connectivity index (χ1) is 8.45. The van der Waals surface area contributed by atoms with Crippen molar-refractivity contribution >= 4 is 17.8 Å². The zero-order valence-corrected chi connectivity index (χ0v) is 10.9. The number of likely N-dealkylation sites (N-methyl/N-ethyl adjacent to an activating group) is 1. The molecule has 6 heteroatoms. The molecule has 1 fully saturated rings. The smallest absolute Gasteiger partial charge is 0.304 e. The molecule has 0 aromatic carbocycles. The van der Waals surface area contributed by atoms with Crippen LogP contribution in [0, 0.1) is 0 Å². The molecule has 0 bridgehead atoms. The van der Waals surface area contributed by atoms with Gasteiger partial charge >= 0.3 is 5.97 Å². The Labute approximate surface area is 107 Å². The molecular weight excluding hydrogens is 236 g/mol. The number of rotatable bonds is 7. The molecule has 0 aliphatic carbocycles. The Hall–Kier alpha value is -1.43. The Morgan fingerprint density at radius 3 is 2.39 bits per heavy atom. The third kappa shape index (κ3) is 3.80. The van der Waals surface area contributed by atoms with E-state index >= 15 is 0 Å². The molecule has 1 aliphatic heterocycles. The first-order valence-electron chi connectivity index (χ1n) is 6.24. The molecular formula is C12H20N2O4. The van der Waals surface area contributed by atoms with Crippen LogP contribution in [0.2, 0.25) is 0 Å². The number of imide groups is 1. The van der Waals surface area contributed by atoms with Crippen molar-refractivity contribution in [2.45, 2.75) is 39.2 Å². The fraction of sp³-hybridized carbons (Fsp3) is 0.750. The predicted octanol–water partition coefficient (Wildman–Crippen LogP) is 0.320. The molecule has 1 unspecified atom stereocenters. The molecule has 1 aliphatic rings. The summed E-state index contributed by atoms with van der Waals surface area (Å²) < 4.78 is 0. The second-order valence-corrected chi connectivity index (χ2v) is 4.51. The van der Waals surface area contributed by atoms with Gasteiger partial charge in [0.1, 0.15) is 0 Å². The summed E-state index contributed by atoms with van der Waals surface area (Å²) in [5, 5.41) is 8.75. The maximum Gasteiger partial charge on any atom is 0.304 e. The summed E-state index contributed by atoms with van der Waals surface area (Å²) in [5.41, 5.74) is 0. The molecule has 18 heavy (non-hydrogen) atoms. The Balaban J connectivity index is 2.46. The van der Waals surface area contributed by atoms with Gasteiger partial charge in [-0.15, -0.1) is 0 Å². The summed E-state index contributed by atoms with van der Waals surface area (Å²) in [6.07, 6.45) is 0.668. The monoisotopic (exact) mass is 256 g/mol. The van der Waals surface area contributed by atoms with Crippen LogP contribution in [-0.4, -0.2) is 58.4 Å². The molecule has 0 spiro atoms. The van der Waals surface area contributed by atoms with Crippen molar-refractivity contribution in [2.75, 3.05) is 19.6 Å². The summed E-state index contributed by atoms with van der Waals surface area (Å²) in [5.74, 6) is -1.09. The van der Waals surface area contributed by atoms with Crippen LogP contribution in [0.3, 0.4) is 0 Å². The number of aliphatic carboxylic acids is 1. The highest BCUT2D eigenvalue weighted by molar-refractivity contribution is 6.01. The zero-order chi connectivity index (χ0) is 13.7. The minimum Gasteiger partial charge on any atom is -0.481 e. The fourth-order valence-corrected chi connectivity index (χ4v) is 2.17. The number of amides is 2. The largest absolute Gasteiger partial charge is 0.481 e. The second kappa shape index (κ2) is 6.49. The molecule has 1 rings (SSSR count). The van der Waals surface area contributed by atoms with E-state index in [-0.39, 0.29) is 24.3 Å². The Morgan fingerprint density at radius 1 is 1.39 bits per heavy atom. The molecule has 1 N–H and O–H groups in total. The van der Waals surface area contributed by atoms with Crippen molar-refractivity contribution in [1.29, 1.82) is 0 Å². The van der Waals surface area contributed by atoms with Gasteiger partial charge in [0.2, 0.25) is 11.8 Å². The number of hydrogen-bond donors (Lipinski definition) is 1. The van der Waals surface area contributed by atoms with E-state index in [1.807, 2.05) is 18.7 Å². The number of carboxylic acid groups (broad SMARTS) is 1. The van der Waals surface area contributed by atoms with E-state index in [9.17, 15) is 14.4 Å². The van der Waals surface area contributed by atoms with Crippen LogP contribution in [0.15, 0.2) is 0 Å². The van der Waals surface area contributed by atoms with Gasteiger partial charge in [-0.1, -0.05) is 6.92 Å². The molecule has 6 nitrogen and oxygen atoms in total. The van der Waals surface area contributed by atoms with E-state index < -0.39 is 5.97 Å². The SMILES string of the molecule is CCN(CCN1C(=O)CCC1=O)C(C)CC(=O)O. The molecule has 2 amide bonds. The third-order valence-corrected chi connectivity index (χ3v) is 3.27. The number of hydrogen-bond acceptors (Lipinski definition) is 4. The quantitative estimate of drug-likeness (QED) is 0.664. The summed E-state index contributed by atoms with van der Waals surface area (Å²) in [6.45, 7) is 5.36. The maximum absolute atomic E-state index is 11.4. The fourth-order valence-electron chi connectivity index (χ4n) is 2.17. The summed E-state index contributed by atoms with van der Waals surface area (Å²) in [4.78, 5) is 36.7. The standard InChI is InChI=1S/C12H20N2O4/c1-3-13(9(2)8-12(17)18)6-7-14-10(15)4-5-11(14)16/h9H,3-8H2,1-2H3,(H,17,18). The lowest BCUT2D eigenvalue weighted by Gasteiger charge is -2.28. The molecule has 1 atom stereocenters. The highest BCUT2D eigenvalue weighted by atomic mass is 16.4. The zero-order valence-electron chi connectivity index (χ0n) is 10.9. The molecule has 0 aromatic heterocycles. The Kier molecular flexibility index (Phi) is 5.27. The number of carbonyl (C=O) groups excluding carboxylic acids is 2. The van der Waals surface area contributed by atoms with Crippen molar-refractivity contribution < 1.29 is 19.5 Å². The normalized spacial score (nSPS) is 17.6. The highest BCUT2D eigenvalue weighted by Gasteiger charge is 2.29. The van der Waals surface area contributed by atoms with E-state index in [1.165, 1.54) is 4.90 Å². The molecule has 1 saturated heterocycles. The topological polar surface area (TPSA) is 77.9 Å². The van der Waals surface area contributed by atoms with Gasteiger partial charge in [0.15, 0.2) is 0 Å². The second-order valence-electron chi connectivity index (χ2n) is 4.51. The average Bonchev–Trinajstić information content (AvgIpc) is 2.60. The van der Waals surface area contributed by atoms with Crippen LogP contribution < -0.4 is 0 Å². The van der Waals surface area contributed by atoms with Crippen LogP contribution in [0.25, 0.3) is 0 Å². The molecule has 0 saturated carbocycles. The maximum atomic E-state index is 11.4. The minimum atomic E-state index is -0.839. The van der Waals surface area contributed by atoms with Gasteiger partial charge in [0.05, 0.1) is 6.42 Å². The lowest BCUT2D eigenvalue weighted by atomic mass is 10.2. The number of nitrogens with zero attached hydrogens (tertiary/aromatic N) is 2. The van der Waals surface area contributed by atoms with Gasteiger partial charge < -0.3 is 5.11 Å². The third-order valence-electron chi connectivity index (χ3n) is 3.27. The van der Waals surface area contributed by atoms with Crippen LogP contribution in [0.5, 0.6) is 0 Å².